The van der Waals surface area contributed by atoms with Crippen molar-refractivity contribution in [2.45, 2.75) is 25.8 Å². The van der Waals surface area contributed by atoms with Crippen LogP contribution in [0.1, 0.15) is 19.8 Å². The molecule has 1 unspecified atom stereocenters. The molecule has 1 amide bonds. The van der Waals surface area contributed by atoms with Gasteiger partial charge in [-0.2, -0.15) is 0 Å². The summed E-state index contributed by atoms with van der Waals surface area (Å²) in [4.78, 5) is 21.1. The number of rotatable bonds is 6. The molecule has 0 saturated heterocycles. The first kappa shape index (κ1) is 11.1. The summed E-state index contributed by atoms with van der Waals surface area (Å²) in [6.45, 7) is 2.11. The summed E-state index contributed by atoms with van der Waals surface area (Å²) in [6, 6.07) is -0.171. The number of carbonyl (C=O) groups is 2. The van der Waals surface area contributed by atoms with Crippen molar-refractivity contribution in [3.8, 4) is 0 Å². The first-order valence-corrected chi connectivity index (χ1v) is 4.14. The van der Waals surface area contributed by atoms with Crippen molar-refractivity contribution < 1.29 is 9.59 Å². The Hall–Kier alpha value is -0.900. The third-order valence-corrected chi connectivity index (χ3v) is 1.60. The van der Waals surface area contributed by atoms with Crippen molar-refractivity contribution in [2.75, 3.05) is 13.6 Å². The van der Waals surface area contributed by atoms with Gasteiger partial charge in [-0.05, 0) is 13.5 Å². The predicted molar refractivity (Wildman–Crippen MR) is 46.8 cm³/mol. The Morgan fingerprint density at radius 3 is 2.67 bits per heavy atom. The average molecular weight is 172 g/mol. The van der Waals surface area contributed by atoms with Crippen molar-refractivity contribution in [3.63, 3.8) is 0 Å². The van der Waals surface area contributed by atoms with Gasteiger partial charge in [-0.15, -0.1) is 0 Å². The van der Waals surface area contributed by atoms with Crippen molar-refractivity contribution in [1.29, 1.82) is 0 Å². The van der Waals surface area contributed by atoms with Gasteiger partial charge in [0.1, 0.15) is 6.29 Å². The van der Waals surface area contributed by atoms with Gasteiger partial charge in [0, 0.05) is 0 Å². The van der Waals surface area contributed by atoms with Gasteiger partial charge in [-0.1, -0.05) is 13.3 Å². The SMILES string of the molecule is CCCC(NC)C(=O)NCC=O. The number of nitrogens with one attached hydrogen (secondary N) is 2. The van der Waals surface area contributed by atoms with E-state index < -0.39 is 0 Å². The summed E-state index contributed by atoms with van der Waals surface area (Å²) in [5.74, 6) is -0.105. The number of carbonyl (C=O) groups excluding carboxylic acids is 2. The number of aldehydes is 1. The van der Waals surface area contributed by atoms with Crippen LogP contribution < -0.4 is 10.6 Å². The van der Waals surface area contributed by atoms with Crippen molar-refractivity contribution in [1.82, 2.24) is 10.6 Å². The quantitative estimate of drug-likeness (QED) is 0.540. The molecule has 2 N–H and O–H groups in total. The van der Waals surface area contributed by atoms with Crippen LogP contribution >= 0.6 is 0 Å². The maximum absolute atomic E-state index is 11.2. The van der Waals surface area contributed by atoms with Crippen LogP contribution in [0.15, 0.2) is 0 Å². The van der Waals surface area contributed by atoms with E-state index >= 15 is 0 Å². The van der Waals surface area contributed by atoms with Crippen LogP contribution in [0.5, 0.6) is 0 Å². The molecule has 4 heteroatoms. The molecule has 0 fully saturated rings. The first-order chi connectivity index (χ1) is 5.76. The molecule has 0 aromatic rings. The van der Waals surface area contributed by atoms with Gasteiger partial charge in [0.05, 0.1) is 12.6 Å². The molecule has 0 heterocycles. The third kappa shape index (κ3) is 4.08. The highest BCUT2D eigenvalue weighted by Gasteiger charge is 2.13. The van der Waals surface area contributed by atoms with E-state index in [1.54, 1.807) is 7.05 Å². The fourth-order valence-corrected chi connectivity index (χ4v) is 0.961. The summed E-state index contributed by atoms with van der Waals surface area (Å²) in [7, 11) is 1.74. The minimum absolute atomic E-state index is 0.0979. The molecule has 0 bridgehead atoms. The summed E-state index contributed by atoms with van der Waals surface area (Å²) in [5, 5.41) is 5.38. The Bertz CT molecular complexity index is 148. The Balaban J connectivity index is 3.76. The highest BCUT2D eigenvalue weighted by atomic mass is 16.2. The van der Waals surface area contributed by atoms with Crippen LogP contribution in [-0.4, -0.2) is 31.8 Å². The van der Waals surface area contributed by atoms with Crippen LogP contribution in [0.2, 0.25) is 0 Å². The molecular weight excluding hydrogens is 156 g/mol. The van der Waals surface area contributed by atoms with Crippen LogP contribution in [0.3, 0.4) is 0 Å². The molecule has 0 aliphatic carbocycles. The minimum Gasteiger partial charge on any atom is -0.348 e. The summed E-state index contributed by atoms with van der Waals surface area (Å²) < 4.78 is 0. The lowest BCUT2D eigenvalue weighted by molar-refractivity contribution is -0.124. The van der Waals surface area contributed by atoms with Crippen molar-refractivity contribution >= 4 is 12.2 Å². The lowest BCUT2D eigenvalue weighted by Crippen LogP contribution is -2.43. The van der Waals surface area contributed by atoms with Gasteiger partial charge < -0.3 is 15.4 Å². The largest absolute Gasteiger partial charge is 0.348 e. The normalized spacial score (nSPS) is 12.2. The highest BCUT2D eigenvalue weighted by Crippen LogP contribution is 1.94. The Morgan fingerprint density at radius 2 is 2.25 bits per heavy atom. The highest BCUT2D eigenvalue weighted by molar-refractivity contribution is 5.83. The zero-order valence-corrected chi connectivity index (χ0v) is 7.59. The van der Waals surface area contributed by atoms with Crippen molar-refractivity contribution in [3.05, 3.63) is 0 Å². The summed E-state index contributed by atoms with van der Waals surface area (Å²) in [6.07, 6.45) is 2.41. The fourth-order valence-electron chi connectivity index (χ4n) is 0.961. The monoisotopic (exact) mass is 172 g/mol. The Kier molecular flexibility index (Phi) is 6.28. The number of hydrogen-bond acceptors (Lipinski definition) is 3. The molecule has 0 aliphatic heterocycles. The van der Waals surface area contributed by atoms with E-state index in [9.17, 15) is 9.59 Å². The van der Waals surface area contributed by atoms with Crippen LogP contribution in [0.25, 0.3) is 0 Å². The predicted octanol–water partition coefficient (Wildman–Crippen LogP) is -0.310. The van der Waals surface area contributed by atoms with Crippen LogP contribution in [0, 0.1) is 0 Å². The second kappa shape index (κ2) is 6.79. The number of amides is 1. The van der Waals surface area contributed by atoms with E-state index in [4.69, 9.17) is 0 Å². The summed E-state index contributed by atoms with van der Waals surface area (Å²) >= 11 is 0. The second-order valence-corrected chi connectivity index (χ2v) is 2.54. The molecule has 4 nitrogen and oxygen atoms in total. The van der Waals surface area contributed by atoms with Gasteiger partial charge in [0.25, 0.3) is 0 Å². The number of hydrogen-bond donors (Lipinski definition) is 2. The standard InChI is InChI=1S/C8H16N2O2/c1-3-4-7(9-2)8(12)10-5-6-11/h6-7,9H,3-5H2,1-2H3,(H,10,12). The molecule has 70 valence electrons. The maximum atomic E-state index is 11.2. The second-order valence-electron chi connectivity index (χ2n) is 2.54. The number of likely N-dealkylation sites (N-methyl/N-ethyl adjacent to an activating group) is 1. The molecule has 0 saturated carbocycles. The van der Waals surface area contributed by atoms with E-state index in [2.05, 4.69) is 10.6 Å². The molecule has 0 aromatic carbocycles. The van der Waals surface area contributed by atoms with Gasteiger partial charge in [-0.3, -0.25) is 4.79 Å². The van der Waals surface area contributed by atoms with E-state index in [1.807, 2.05) is 6.92 Å². The Labute approximate surface area is 72.7 Å². The smallest absolute Gasteiger partial charge is 0.237 e. The van der Waals surface area contributed by atoms with Crippen molar-refractivity contribution in [2.24, 2.45) is 0 Å². The molecule has 1 atom stereocenters. The lowest BCUT2D eigenvalue weighted by Gasteiger charge is -2.13. The molecule has 0 aliphatic rings. The fraction of sp³-hybridized carbons (Fsp3) is 0.750. The van der Waals surface area contributed by atoms with Crippen LogP contribution in [0.4, 0.5) is 0 Å². The molecule has 0 radical (unpaired) electrons. The average Bonchev–Trinajstić information content (AvgIpc) is 2.10. The zero-order chi connectivity index (χ0) is 9.40. The zero-order valence-electron chi connectivity index (χ0n) is 7.59. The van der Waals surface area contributed by atoms with Gasteiger partial charge in [0.15, 0.2) is 0 Å². The topological polar surface area (TPSA) is 58.2 Å². The summed E-state index contributed by atoms with van der Waals surface area (Å²) in [5.41, 5.74) is 0. The maximum Gasteiger partial charge on any atom is 0.237 e. The first-order valence-electron chi connectivity index (χ1n) is 4.14. The minimum atomic E-state index is -0.171. The molecular formula is C8H16N2O2. The molecule has 12 heavy (non-hydrogen) atoms. The van der Waals surface area contributed by atoms with Crippen LogP contribution in [-0.2, 0) is 9.59 Å². The van der Waals surface area contributed by atoms with Gasteiger partial charge >= 0.3 is 0 Å². The van der Waals surface area contributed by atoms with Gasteiger partial charge in [-0.25, -0.2) is 0 Å². The lowest BCUT2D eigenvalue weighted by atomic mass is 10.1. The van der Waals surface area contributed by atoms with E-state index in [1.165, 1.54) is 0 Å². The Morgan fingerprint density at radius 1 is 1.58 bits per heavy atom. The van der Waals surface area contributed by atoms with Gasteiger partial charge in [0.2, 0.25) is 5.91 Å². The third-order valence-electron chi connectivity index (χ3n) is 1.60. The van der Waals surface area contributed by atoms with E-state index in [-0.39, 0.29) is 18.5 Å². The molecule has 0 aromatic heterocycles. The van der Waals surface area contributed by atoms with E-state index in [0.29, 0.717) is 6.29 Å². The molecule has 0 rings (SSSR count). The van der Waals surface area contributed by atoms with E-state index in [0.717, 1.165) is 12.8 Å². The molecule has 0 spiro atoms.